The highest BCUT2D eigenvalue weighted by molar-refractivity contribution is 6.02. The molecule has 2 aliphatic carbocycles. The van der Waals surface area contributed by atoms with Crippen molar-refractivity contribution in [3.63, 3.8) is 0 Å². The number of fused-ring (bicyclic) bond motifs is 1. The summed E-state index contributed by atoms with van der Waals surface area (Å²) >= 11 is 0. The van der Waals surface area contributed by atoms with Crippen LogP contribution in [0.4, 0.5) is 5.69 Å². The van der Waals surface area contributed by atoms with Crippen molar-refractivity contribution >= 4 is 12.0 Å². The fraction of sp³-hybridized carbons (Fsp3) is 0.250. The third kappa shape index (κ3) is 1.96. The fourth-order valence-corrected chi connectivity index (χ4v) is 2.36. The molecule has 0 heterocycles. The molecule has 19 heavy (non-hydrogen) atoms. The average Bonchev–Trinajstić information content (AvgIpc) is 2.53. The number of nitrogens with zero attached hydrogens (tertiary/aromatic N) is 1. The number of nitrogen functional groups attached to an aromatic ring is 1. The standard InChI is InChI=1S/C16H16N2O/c1-9(2)11-5-4-10(3)15-12(6-11)14(8-19)16(18)13(15)7-17/h4-6,8-9H,18H2,1-3H3. The molecule has 0 saturated carbocycles. The summed E-state index contributed by atoms with van der Waals surface area (Å²) < 4.78 is 0. The molecule has 0 aromatic rings. The molecule has 0 aliphatic heterocycles. The van der Waals surface area contributed by atoms with Crippen LogP contribution < -0.4 is 5.73 Å². The van der Waals surface area contributed by atoms with Gasteiger partial charge in [-0.2, -0.15) is 5.26 Å². The molecule has 0 bridgehead atoms. The van der Waals surface area contributed by atoms with Gasteiger partial charge in [-0.3, -0.25) is 4.79 Å². The predicted octanol–water partition coefficient (Wildman–Crippen LogP) is 3.49. The van der Waals surface area contributed by atoms with E-state index in [0.717, 1.165) is 28.5 Å². The molecule has 0 aromatic carbocycles. The van der Waals surface area contributed by atoms with Gasteiger partial charge in [0.2, 0.25) is 0 Å². The average molecular weight is 252 g/mol. The van der Waals surface area contributed by atoms with Crippen LogP contribution in [0.2, 0.25) is 0 Å². The molecule has 0 amide bonds. The van der Waals surface area contributed by atoms with Crippen molar-refractivity contribution in [1.82, 2.24) is 0 Å². The van der Waals surface area contributed by atoms with E-state index in [1.165, 1.54) is 0 Å². The van der Waals surface area contributed by atoms with E-state index in [1.807, 2.05) is 25.1 Å². The Labute approximate surface area is 113 Å². The van der Waals surface area contributed by atoms with Crippen molar-refractivity contribution in [3.05, 3.63) is 40.5 Å². The second kappa shape index (κ2) is 4.74. The van der Waals surface area contributed by atoms with Gasteiger partial charge in [0.25, 0.3) is 0 Å². The summed E-state index contributed by atoms with van der Waals surface area (Å²) in [5, 5.41) is 9.26. The van der Waals surface area contributed by atoms with Gasteiger partial charge in [-0.25, -0.2) is 0 Å². The van der Waals surface area contributed by atoms with Gasteiger partial charge < -0.3 is 5.73 Å². The summed E-state index contributed by atoms with van der Waals surface area (Å²) in [6.45, 7) is 6.12. The Balaban J connectivity index is 2.94. The molecule has 0 unspecified atom stereocenters. The zero-order valence-corrected chi connectivity index (χ0v) is 11.3. The smallest absolute Gasteiger partial charge is 0.152 e. The van der Waals surface area contributed by atoms with Crippen LogP contribution in [-0.2, 0) is 0 Å². The molecule has 2 aliphatic rings. The number of aryl methyl sites for hydroxylation is 1. The van der Waals surface area contributed by atoms with Gasteiger partial charge in [-0.05, 0) is 29.5 Å². The van der Waals surface area contributed by atoms with Crippen molar-refractivity contribution in [3.8, 4) is 17.2 Å². The van der Waals surface area contributed by atoms with E-state index in [1.54, 1.807) is 0 Å². The topological polar surface area (TPSA) is 66.9 Å². The maximum Gasteiger partial charge on any atom is 0.152 e. The van der Waals surface area contributed by atoms with Crippen LogP contribution in [0, 0.1) is 18.3 Å². The van der Waals surface area contributed by atoms with Gasteiger partial charge in [-0.1, -0.05) is 32.0 Å². The molecule has 2 rings (SSSR count). The molecular formula is C16H16N2O. The monoisotopic (exact) mass is 252 g/mol. The minimum absolute atomic E-state index is 0.288. The van der Waals surface area contributed by atoms with Crippen molar-refractivity contribution in [2.45, 2.75) is 26.7 Å². The molecule has 3 heteroatoms. The first-order chi connectivity index (χ1) is 9.01. The maximum atomic E-state index is 11.3. The second-order valence-corrected chi connectivity index (χ2v) is 5.04. The number of rotatable bonds is 2. The number of nitriles is 1. The molecule has 96 valence electrons. The van der Waals surface area contributed by atoms with Crippen LogP contribution in [0.15, 0.2) is 18.2 Å². The molecular weight excluding hydrogens is 236 g/mol. The van der Waals surface area contributed by atoms with Gasteiger partial charge in [-0.15, -0.1) is 0 Å². The van der Waals surface area contributed by atoms with E-state index in [4.69, 9.17) is 5.73 Å². The summed E-state index contributed by atoms with van der Waals surface area (Å²) in [4.78, 5) is 11.3. The van der Waals surface area contributed by atoms with Crippen molar-refractivity contribution < 1.29 is 4.79 Å². The molecule has 2 N–H and O–H groups in total. The van der Waals surface area contributed by atoms with Crippen LogP contribution in [0.5, 0.6) is 0 Å². The minimum Gasteiger partial charge on any atom is -0.397 e. The molecule has 3 nitrogen and oxygen atoms in total. The molecule has 0 spiro atoms. The zero-order valence-electron chi connectivity index (χ0n) is 11.3. The minimum atomic E-state index is 0.288. The molecule has 0 fully saturated rings. The molecule has 0 radical (unpaired) electrons. The summed E-state index contributed by atoms with van der Waals surface area (Å²) in [5.74, 6) is 0.344. The predicted molar refractivity (Wildman–Crippen MR) is 76.4 cm³/mol. The lowest BCUT2D eigenvalue weighted by Crippen LogP contribution is -1.90. The third-order valence-electron chi connectivity index (χ3n) is 3.50. The Kier molecular flexibility index (Phi) is 3.26. The SMILES string of the molecule is Cc1ccc(C(C)C)cc2c(C=O)c(N)c(C#N)c1-2. The first kappa shape index (κ1) is 13.1. The fourth-order valence-electron chi connectivity index (χ4n) is 2.36. The Morgan fingerprint density at radius 3 is 2.58 bits per heavy atom. The summed E-state index contributed by atoms with van der Waals surface area (Å²) in [7, 11) is 0. The van der Waals surface area contributed by atoms with Gasteiger partial charge >= 0.3 is 0 Å². The van der Waals surface area contributed by atoms with Gasteiger partial charge in [0, 0.05) is 11.1 Å². The van der Waals surface area contributed by atoms with Crippen LogP contribution in [0.25, 0.3) is 11.1 Å². The number of hydrogen-bond acceptors (Lipinski definition) is 3. The van der Waals surface area contributed by atoms with Crippen LogP contribution in [0.3, 0.4) is 0 Å². The number of anilines is 1. The van der Waals surface area contributed by atoms with Gasteiger partial charge in [0.15, 0.2) is 6.29 Å². The summed E-state index contributed by atoms with van der Waals surface area (Å²) in [6.07, 6.45) is 0.738. The van der Waals surface area contributed by atoms with Gasteiger partial charge in [0.1, 0.15) is 6.07 Å². The highest BCUT2D eigenvalue weighted by atomic mass is 16.1. The Morgan fingerprint density at radius 1 is 1.37 bits per heavy atom. The lowest BCUT2D eigenvalue weighted by atomic mass is 10.0. The Hall–Kier alpha value is -2.34. The Bertz CT molecular complexity index is 666. The first-order valence-electron chi connectivity index (χ1n) is 6.22. The molecule has 0 atom stereocenters. The largest absolute Gasteiger partial charge is 0.397 e. The lowest BCUT2D eigenvalue weighted by Gasteiger charge is -2.03. The number of carbonyl (C=O) groups is 1. The van der Waals surface area contributed by atoms with E-state index in [-0.39, 0.29) is 5.69 Å². The highest BCUT2D eigenvalue weighted by Gasteiger charge is 2.22. The van der Waals surface area contributed by atoms with Crippen LogP contribution in [0.1, 0.15) is 46.8 Å². The summed E-state index contributed by atoms with van der Waals surface area (Å²) in [5.41, 5.74) is 10.7. The van der Waals surface area contributed by atoms with Crippen LogP contribution >= 0.6 is 0 Å². The first-order valence-corrected chi connectivity index (χ1v) is 6.22. The van der Waals surface area contributed by atoms with Crippen LogP contribution in [-0.4, -0.2) is 6.29 Å². The number of hydrogen-bond donors (Lipinski definition) is 1. The maximum absolute atomic E-state index is 11.3. The van der Waals surface area contributed by atoms with Gasteiger partial charge in [0.05, 0.1) is 11.3 Å². The molecule has 0 saturated heterocycles. The summed E-state index contributed by atoms with van der Waals surface area (Å²) in [6, 6.07) is 8.09. The second-order valence-electron chi connectivity index (χ2n) is 5.04. The quantitative estimate of drug-likeness (QED) is 0.832. The third-order valence-corrected chi connectivity index (χ3v) is 3.50. The normalized spacial score (nSPS) is 10.7. The van der Waals surface area contributed by atoms with Crippen molar-refractivity contribution in [2.75, 3.05) is 5.73 Å². The Morgan fingerprint density at radius 2 is 2.05 bits per heavy atom. The van der Waals surface area contributed by atoms with E-state index in [9.17, 15) is 10.1 Å². The van der Waals surface area contributed by atoms with E-state index < -0.39 is 0 Å². The number of carbonyl (C=O) groups excluding carboxylic acids is 1. The van der Waals surface area contributed by atoms with Crippen molar-refractivity contribution in [2.24, 2.45) is 0 Å². The number of aldehydes is 1. The lowest BCUT2D eigenvalue weighted by molar-refractivity contribution is 0.112. The van der Waals surface area contributed by atoms with Crippen molar-refractivity contribution in [1.29, 1.82) is 5.26 Å². The van der Waals surface area contributed by atoms with E-state index >= 15 is 0 Å². The van der Waals surface area contributed by atoms with E-state index in [2.05, 4.69) is 19.9 Å². The molecule has 0 aromatic heterocycles. The number of nitrogens with two attached hydrogens (primary N) is 1. The zero-order chi connectivity index (χ0) is 14.2. The highest BCUT2D eigenvalue weighted by Crippen LogP contribution is 2.40. The van der Waals surface area contributed by atoms with E-state index in [0.29, 0.717) is 17.0 Å².